The van der Waals surface area contributed by atoms with E-state index in [2.05, 4.69) is 32.2 Å². The molecule has 0 bridgehead atoms. The third-order valence-electron chi connectivity index (χ3n) is 4.40. The van der Waals surface area contributed by atoms with Gasteiger partial charge in [0, 0.05) is 29.9 Å². The molecule has 0 fully saturated rings. The van der Waals surface area contributed by atoms with E-state index in [1.54, 1.807) is 12.3 Å². The summed E-state index contributed by atoms with van der Waals surface area (Å²) in [6.07, 6.45) is 4.67. The number of carbonyl (C=O) groups is 1. The summed E-state index contributed by atoms with van der Waals surface area (Å²) in [4.78, 5) is 24.8. The van der Waals surface area contributed by atoms with Crippen LogP contribution >= 0.6 is 0 Å². The molecule has 0 radical (unpaired) electrons. The van der Waals surface area contributed by atoms with Crippen molar-refractivity contribution in [3.63, 3.8) is 0 Å². The smallest absolute Gasteiger partial charge is 0.229 e. The maximum atomic E-state index is 11.9. The van der Waals surface area contributed by atoms with Crippen molar-refractivity contribution in [1.82, 2.24) is 15.0 Å². The fourth-order valence-electron chi connectivity index (χ4n) is 2.78. The molecule has 0 saturated carbocycles. The first kappa shape index (κ1) is 20.0. The Bertz CT molecular complexity index is 1080. The average Bonchev–Trinajstić information content (AvgIpc) is 2.69. The molecule has 7 heteroatoms. The Kier molecular flexibility index (Phi) is 5.87. The van der Waals surface area contributed by atoms with Gasteiger partial charge in [0.15, 0.2) is 5.78 Å². The molecule has 1 aromatic carbocycles. The molecule has 3 rings (SSSR count). The Hall–Kier alpha value is -3.74. The maximum absolute atomic E-state index is 11.9. The van der Waals surface area contributed by atoms with Crippen molar-refractivity contribution in [2.24, 2.45) is 0 Å². The molecule has 0 aliphatic carbocycles. The minimum Gasteiger partial charge on any atom is -0.506 e. The van der Waals surface area contributed by atoms with Crippen LogP contribution in [0.15, 0.2) is 49.3 Å². The third-order valence-corrected chi connectivity index (χ3v) is 4.40. The SMILES string of the molecule is C=CC(=O)Cc1cc(C)ccc1Nc1nc(Nc2cc(O)cnc2C)ncc1C. The molecular formula is C22H23N5O2. The molecule has 3 aromatic rings. The number of benzene rings is 1. The van der Waals surface area contributed by atoms with Gasteiger partial charge in [-0.2, -0.15) is 4.98 Å². The standard InChI is InChI=1S/C22H23N5O2/c1-5-17(28)9-16-8-13(2)6-7-19(16)25-21-14(3)11-24-22(27-21)26-20-10-18(29)12-23-15(20)4/h5-8,10-12,29H,1,9H2,2-4H3,(H2,24,25,26,27). The van der Waals surface area contributed by atoms with Gasteiger partial charge >= 0.3 is 0 Å². The minimum absolute atomic E-state index is 0.0488. The summed E-state index contributed by atoms with van der Waals surface area (Å²) in [6, 6.07) is 7.44. The van der Waals surface area contributed by atoms with Crippen LogP contribution in [-0.2, 0) is 11.2 Å². The molecular weight excluding hydrogens is 366 g/mol. The lowest BCUT2D eigenvalue weighted by molar-refractivity contribution is -0.114. The van der Waals surface area contributed by atoms with E-state index in [1.807, 2.05) is 39.0 Å². The van der Waals surface area contributed by atoms with Gasteiger partial charge in [0.25, 0.3) is 0 Å². The number of aromatic hydroxyl groups is 1. The number of hydrogen-bond donors (Lipinski definition) is 3. The first-order valence-electron chi connectivity index (χ1n) is 9.14. The normalized spacial score (nSPS) is 10.4. The fraction of sp³-hybridized carbons (Fsp3) is 0.182. The number of allylic oxidation sites excluding steroid dienone is 1. The number of hydrogen-bond acceptors (Lipinski definition) is 7. The van der Waals surface area contributed by atoms with Gasteiger partial charge in [-0.3, -0.25) is 9.78 Å². The van der Waals surface area contributed by atoms with Crippen LogP contribution < -0.4 is 10.6 Å². The highest BCUT2D eigenvalue weighted by Crippen LogP contribution is 2.26. The lowest BCUT2D eigenvalue weighted by Gasteiger charge is -2.15. The van der Waals surface area contributed by atoms with E-state index in [4.69, 9.17) is 0 Å². The van der Waals surface area contributed by atoms with Crippen molar-refractivity contribution < 1.29 is 9.90 Å². The molecule has 0 amide bonds. The number of pyridine rings is 1. The predicted molar refractivity (Wildman–Crippen MR) is 114 cm³/mol. The highest BCUT2D eigenvalue weighted by Gasteiger charge is 2.11. The van der Waals surface area contributed by atoms with Crippen molar-refractivity contribution in [3.8, 4) is 5.75 Å². The number of nitrogens with one attached hydrogen (secondary N) is 2. The number of aryl methyl sites for hydroxylation is 3. The highest BCUT2D eigenvalue weighted by molar-refractivity contribution is 5.92. The van der Waals surface area contributed by atoms with Gasteiger partial charge in [0.05, 0.1) is 17.6 Å². The second-order valence-electron chi connectivity index (χ2n) is 6.81. The molecule has 0 atom stereocenters. The zero-order valence-electron chi connectivity index (χ0n) is 16.7. The number of rotatable bonds is 7. The van der Waals surface area contributed by atoms with Gasteiger partial charge < -0.3 is 15.7 Å². The van der Waals surface area contributed by atoms with Crippen molar-refractivity contribution in [3.05, 3.63) is 71.7 Å². The minimum atomic E-state index is -0.0488. The quantitative estimate of drug-likeness (QED) is 0.518. The lowest BCUT2D eigenvalue weighted by Crippen LogP contribution is -2.07. The summed E-state index contributed by atoms with van der Waals surface area (Å²) in [7, 11) is 0. The Morgan fingerprint density at radius 1 is 1.10 bits per heavy atom. The van der Waals surface area contributed by atoms with E-state index in [9.17, 15) is 9.90 Å². The van der Waals surface area contributed by atoms with Gasteiger partial charge in [0.1, 0.15) is 11.6 Å². The molecule has 0 aliphatic rings. The maximum Gasteiger partial charge on any atom is 0.229 e. The van der Waals surface area contributed by atoms with Crippen molar-refractivity contribution in [1.29, 1.82) is 0 Å². The second kappa shape index (κ2) is 8.52. The zero-order chi connectivity index (χ0) is 21.0. The van der Waals surface area contributed by atoms with Crippen LogP contribution in [0.3, 0.4) is 0 Å². The van der Waals surface area contributed by atoms with Gasteiger partial charge in [-0.25, -0.2) is 4.98 Å². The van der Waals surface area contributed by atoms with Crippen LogP contribution in [0, 0.1) is 20.8 Å². The van der Waals surface area contributed by atoms with Gasteiger partial charge in [-0.1, -0.05) is 24.3 Å². The second-order valence-corrected chi connectivity index (χ2v) is 6.81. The van der Waals surface area contributed by atoms with Gasteiger partial charge in [-0.15, -0.1) is 0 Å². The summed E-state index contributed by atoms with van der Waals surface area (Å²) in [5, 5.41) is 16.1. The summed E-state index contributed by atoms with van der Waals surface area (Å²) in [5.41, 5.74) is 4.92. The molecule has 0 unspecified atom stereocenters. The number of anilines is 4. The van der Waals surface area contributed by atoms with Crippen LogP contribution in [-0.4, -0.2) is 25.8 Å². The van der Waals surface area contributed by atoms with Crippen LogP contribution in [0.25, 0.3) is 0 Å². The number of nitrogens with zero attached hydrogens (tertiary/aromatic N) is 3. The van der Waals surface area contributed by atoms with E-state index in [0.29, 0.717) is 23.1 Å². The third kappa shape index (κ3) is 4.95. The van der Waals surface area contributed by atoms with Crippen molar-refractivity contribution >= 4 is 28.9 Å². The summed E-state index contributed by atoms with van der Waals surface area (Å²) in [6.45, 7) is 9.25. The molecule has 7 nitrogen and oxygen atoms in total. The lowest BCUT2D eigenvalue weighted by atomic mass is 10.0. The summed E-state index contributed by atoms with van der Waals surface area (Å²) in [5.74, 6) is 0.987. The van der Waals surface area contributed by atoms with Crippen LogP contribution in [0.4, 0.5) is 23.1 Å². The first-order chi connectivity index (χ1) is 13.9. The van der Waals surface area contributed by atoms with Crippen LogP contribution in [0.1, 0.15) is 22.4 Å². The van der Waals surface area contributed by atoms with E-state index in [1.165, 1.54) is 12.3 Å². The Balaban J connectivity index is 1.90. The monoisotopic (exact) mass is 389 g/mol. The van der Waals surface area contributed by atoms with E-state index in [-0.39, 0.29) is 18.0 Å². The Morgan fingerprint density at radius 2 is 1.90 bits per heavy atom. The summed E-state index contributed by atoms with van der Waals surface area (Å²) >= 11 is 0. The molecule has 3 N–H and O–H groups in total. The van der Waals surface area contributed by atoms with Crippen molar-refractivity contribution in [2.75, 3.05) is 10.6 Å². The largest absolute Gasteiger partial charge is 0.506 e. The molecule has 29 heavy (non-hydrogen) atoms. The molecule has 148 valence electrons. The van der Waals surface area contributed by atoms with E-state index in [0.717, 1.165) is 22.4 Å². The first-order valence-corrected chi connectivity index (χ1v) is 9.14. The van der Waals surface area contributed by atoms with Gasteiger partial charge in [0.2, 0.25) is 5.95 Å². The zero-order valence-corrected chi connectivity index (χ0v) is 16.7. The molecule has 2 heterocycles. The molecule has 0 aliphatic heterocycles. The van der Waals surface area contributed by atoms with E-state index < -0.39 is 0 Å². The molecule has 2 aromatic heterocycles. The molecule has 0 saturated heterocycles. The number of carbonyl (C=O) groups excluding carboxylic acids is 1. The summed E-state index contributed by atoms with van der Waals surface area (Å²) < 4.78 is 0. The fourth-order valence-corrected chi connectivity index (χ4v) is 2.78. The Morgan fingerprint density at radius 3 is 2.66 bits per heavy atom. The van der Waals surface area contributed by atoms with Crippen LogP contribution in [0.5, 0.6) is 5.75 Å². The highest BCUT2D eigenvalue weighted by atomic mass is 16.3. The van der Waals surface area contributed by atoms with Crippen LogP contribution in [0.2, 0.25) is 0 Å². The van der Waals surface area contributed by atoms with Crippen molar-refractivity contribution in [2.45, 2.75) is 27.2 Å². The topological polar surface area (TPSA) is 100 Å². The Labute approximate surface area is 169 Å². The predicted octanol–water partition coefficient (Wildman–Crippen LogP) is 4.29. The number of aromatic nitrogens is 3. The molecule has 0 spiro atoms. The van der Waals surface area contributed by atoms with E-state index >= 15 is 0 Å². The average molecular weight is 389 g/mol. The van der Waals surface area contributed by atoms with Gasteiger partial charge in [-0.05, 0) is 38.5 Å². The number of ketones is 1.